The Balaban J connectivity index is 0.000000218. The van der Waals surface area contributed by atoms with Gasteiger partial charge >= 0.3 is 11.9 Å². The number of sulfonamides is 2. The number of carbonyl (C=O) groups is 2. The number of hydrogen-bond donors (Lipinski definition) is 1. The topological polar surface area (TPSA) is 194 Å². The fraction of sp³-hybridized carbons (Fsp3) is 0.333. The van der Waals surface area contributed by atoms with Crippen molar-refractivity contribution in [1.29, 1.82) is 0 Å². The van der Waals surface area contributed by atoms with Crippen LogP contribution >= 0.6 is 0 Å². The van der Waals surface area contributed by atoms with E-state index in [1.54, 1.807) is 36.4 Å². The van der Waals surface area contributed by atoms with E-state index in [4.69, 9.17) is 33.2 Å². The zero-order valence-corrected chi connectivity index (χ0v) is 33.5. The van der Waals surface area contributed by atoms with Crippen molar-refractivity contribution in [3.63, 3.8) is 0 Å². The van der Waals surface area contributed by atoms with Gasteiger partial charge in [-0.25, -0.2) is 16.8 Å². The van der Waals surface area contributed by atoms with Crippen molar-refractivity contribution < 1.29 is 64.7 Å². The quantitative estimate of drug-likeness (QED) is 0.179. The lowest BCUT2D eigenvalue weighted by molar-refractivity contribution is -0.144. The predicted octanol–water partition coefficient (Wildman–Crippen LogP) is 4.09. The zero-order chi connectivity index (χ0) is 41.3. The summed E-state index contributed by atoms with van der Waals surface area (Å²) >= 11 is 0. The summed E-state index contributed by atoms with van der Waals surface area (Å²) in [5, 5.41) is 9.55. The van der Waals surface area contributed by atoms with Gasteiger partial charge in [-0.05, 0) is 48.5 Å². The number of methoxy groups -OCH3 is 5. The maximum absolute atomic E-state index is 13.3. The number of carbonyl (C=O) groups excluding carboxylic acids is 1. The van der Waals surface area contributed by atoms with Crippen LogP contribution in [0.1, 0.15) is 12.8 Å². The number of hydrogen-bond acceptors (Lipinski definition) is 13. The van der Waals surface area contributed by atoms with Gasteiger partial charge in [-0.1, -0.05) is 36.4 Å². The summed E-state index contributed by atoms with van der Waals surface area (Å²) in [4.78, 5) is 23.9. The van der Waals surface area contributed by atoms with E-state index in [0.29, 0.717) is 23.0 Å². The Bertz CT molecular complexity index is 2220. The number of benzene rings is 4. The first-order valence-electron chi connectivity index (χ1n) is 17.5. The molecule has 6 rings (SSSR count). The molecule has 2 aliphatic heterocycles. The Kier molecular flexibility index (Phi) is 13.9. The first kappa shape index (κ1) is 42.6. The second-order valence-corrected chi connectivity index (χ2v) is 16.4. The average molecular weight is 829 g/mol. The van der Waals surface area contributed by atoms with Gasteiger partial charge in [0.15, 0.2) is 23.0 Å². The lowest BCUT2D eigenvalue weighted by Crippen LogP contribution is -2.41. The SMILES string of the molecule is COC(=O)[C@@H]1C[C@H](Oc2ccccc2)CN1S(=O)(=O)c1ccc(OC)c(OC)c1.COc1ccc(S(=O)(=O)N2C[C@@H](Oc3ccccc3)C[C@H]2C(=O)O)cc1OC. The number of nitrogens with zero attached hydrogens (tertiary/aromatic N) is 2. The summed E-state index contributed by atoms with van der Waals surface area (Å²) < 4.78 is 92.1. The Hall–Kier alpha value is -5.56. The molecule has 2 heterocycles. The van der Waals surface area contributed by atoms with Gasteiger partial charge in [-0.3, -0.25) is 9.59 Å². The molecule has 4 atom stereocenters. The first-order valence-corrected chi connectivity index (χ1v) is 20.4. The summed E-state index contributed by atoms with van der Waals surface area (Å²) in [6.07, 6.45) is -0.819. The fourth-order valence-corrected chi connectivity index (χ4v) is 9.70. The number of aliphatic carboxylic acids is 1. The molecule has 0 aliphatic carbocycles. The number of rotatable bonds is 14. The zero-order valence-electron chi connectivity index (χ0n) is 31.8. The lowest BCUT2D eigenvalue weighted by Gasteiger charge is -2.22. The Labute approximate surface area is 331 Å². The second kappa shape index (κ2) is 18.6. The number of carboxylic acids is 1. The standard InChI is InChI=1S/C20H23NO7S.C19H21NO7S/c1-25-18-10-9-16(12-19(18)26-2)29(23,24)21-13-15(11-17(21)20(22)27-3)28-14-7-5-4-6-8-14;1-25-17-9-8-15(11-18(17)26-2)28(23,24)20-12-14(10-16(20)19(21)22)27-13-6-4-3-5-7-13/h4-10,12,15,17H,11,13H2,1-3H3;3-9,11,14,16H,10,12H2,1-2H3,(H,21,22)/t15-,17-;14-,16-/m00/s1. The lowest BCUT2D eigenvalue weighted by atomic mass is 10.2. The van der Waals surface area contributed by atoms with E-state index in [2.05, 4.69) is 0 Å². The molecular weight excluding hydrogens is 785 g/mol. The van der Waals surface area contributed by atoms with Crippen LogP contribution in [0.15, 0.2) is 107 Å². The summed E-state index contributed by atoms with van der Waals surface area (Å²) in [5.41, 5.74) is 0. The van der Waals surface area contributed by atoms with Gasteiger partial charge in [0.25, 0.3) is 0 Å². The van der Waals surface area contributed by atoms with E-state index in [1.807, 2.05) is 24.3 Å². The molecule has 2 saturated heterocycles. The number of esters is 1. The molecule has 4 aromatic carbocycles. The number of ether oxygens (including phenoxy) is 7. The van der Waals surface area contributed by atoms with Crippen LogP contribution in [-0.4, -0.2) is 115 Å². The first-order chi connectivity index (χ1) is 27.3. The van der Waals surface area contributed by atoms with E-state index >= 15 is 0 Å². The van der Waals surface area contributed by atoms with Crippen molar-refractivity contribution >= 4 is 32.0 Å². The van der Waals surface area contributed by atoms with Crippen LogP contribution in [0, 0.1) is 0 Å². The van der Waals surface area contributed by atoms with Gasteiger partial charge < -0.3 is 38.3 Å². The summed E-state index contributed by atoms with van der Waals surface area (Å²) in [6.45, 7) is -0.0477. The largest absolute Gasteiger partial charge is 0.493 e. The molecule has 0 radical (unpaired) electrons. The van der Waals surface area contributed by atoms with E-state index in [-0.39, 0.29) is 47.2 Å². The van der Waals surface area contributed by atoms with Gasteiger partial charge in [0, 0.05) is 25.0 Å². The minimum absolute atomic E-state index is 0.00980. The van der Waals surface area contributed by atoms with Crippen LogP contribution in [-0.2, 0) is 34.4 Å². The third kappa shape index (κ3) is 9.70. The van der Waals surface area contributed by atoms with E-state index in [1.165, 1.54) is 71.9 Å². The second-order valence-electron chi connectivity index (χ2n) is 12.7. The van der Waals surface area contributed by atoms with Crippen molar-refractivity contribution in [2.45, 2.75) is 46.9 Å². The Morgan fingerprint density at radius 2 is 0.947 bits per heavy atom. The molecular formula is C39H44N2O14S2. The van der Waals surface area contributed by atoms with Gasteiger partial charge in [0.05, 0.1) is 58.4 Å². The van der Waals surface area contributed by atoms with Crippen molar-refractivity contribution in [3.05, 3.63) is 97.1 Å². The van der Waals surface area contributed by atoms with Gasteiger partial charge in [-0.15, -0.1) is 0 Å². The Morgan fingerprint density at radius 3 is 1.32 bits per heavy atom. The highest BCUT2D eigenvalue weighted by atomic mass is 32.2. The van der Waals surface area contributed by atoms with Crippen LogP contribution in [0.25, 0.3) is 0 Å². The molecule has 306 valence electrons. The molecule has 18 heteroatoms. The molecule has 0 amide bonds. The van der Waals surface area contributed by atoms with Crippen molar-refractivity contribution in [2.24, 2.45) is 0 Å². The molecule has 0 saturated carbocycles. The fourth-order valence-electron chi connectivity index (χ4n) is 6.42. The number of carboxylic acid groups (broad SMARTS) is 1. The maximum atomic E-state index is 13.3. The minimum atomic E-state index is -4.08. The van der Waals surface area contributed by atoms with E-state index < -0.39 is 56.3 Å². The van der Waals surface area contributed by atoms with Crippen LogP contribution < -0.4 is 28.4 Å². The third-order valence-corrected chi connectivity index (χ3v) is 12.9. The monoisotopic (exact) mass is 828 g/mol. The van der Waals surface area contributed by atoms with Crippen LogP contribution in [0.4, 0.5) is 0 Å². The maximum Gasteiger partial charge on any atom is 0.324 e. The van der Waals surface area contributed by atoms with Crippen molar-refractivity contribution in [2.75, 3.05) is 48.6 Å². The Morgan fingerprint density at radius 1 is 0.561 bits per heavy atom. The van der Waals surface area contributed by atoms with E-state index in [0.717, 1.165) is 8.61 Å². The van der Waals surface area contributed by atoms with Crippen molar-refractivity contribution in [3.8, 4) is 34.5 Å². The normalized spacial score (nSPS) is 19.7. The van der Waals surface area contributed by atoms with Gasteiger partial charge in [0.1, 0.15) is 35.8 Å². The highest BCUT2D eigenvalue weighted by molar-refractivity contribution is 7.89. The summed E-state index contributed by atoms with van der Waals surface area (Å²) in [7, 11) is -1.13. The molecule has 4 aromatic rings. The molecule has 16 nitrogen and oxygen atoms in total. The third-order valence-electron chi connectivity index (χ3n) is 9.21. The highest BCUT2D eigenvalue weighted by Crippen LogP contribution is 2.36. The van der Waals surface area contributed by atoms with Gasteiger partial charge in [0.2, 0.25) is 20.0 Å². The molecule has 2 fully saturated rings. The average Bonchev–Trinajstić information content (AvgIpc) is 3.87. The van der Waals surface area contributed by atoms with Crippen LogP contribution in [0.5, 0.6) is 34.5 Å². The molecule has 2 aliphatic rings. The van der Waals surface area contributed by atoms with Crippen molar-refractivity contribution in [1.82, 2.24) is 8.61 Å². The van der Waals surface area contributed by atoms with Crippen LogP contribution in [0.3, 0.4) is 0 Å². The molecule has 0 spiro atoms. The minimum Gasteiger partial charge on any atom is -0.493 e. The molecule has 1 N–H and O–H groups in total. The molecule has 0 unspecified atom stereocenters. The molecule has 0 aromatic heterocycles. The molecule has 0 bridgehead atoms. The molecule has 57 heavy (non-hydrogen) atoms. The summed E-state index contributed by atoms with van der Waals surface area (Å²) in [6, 6.07) is 24.2. The summed E-state index contributed by atoms with van der Waals surface area (Å²) in [5.74, 6) is 0.613. The van der Waals surface area contributed by atoms with E-state index in [9.17, 15) is 31.5 Å². The van der Waals surface area contributed by atoms with Crippen LogP contribution in [0.2, 0.25) is 0 Å². The number of para-hydroxylation sites is 2. The highest BCUT2D eigenvalue weighted by Gasteiger charge is 2.47. The predicted molar refractivity (Wildman–Crippen MR) is 205 cm³/mol. The smallest absolute Gasteiger partial charge is 0.324 e. The van der Waals surface area contributed by atoms with Gasteiger partial charge in [-0.2, -0.15) is 8.61 Å².